The maximum Gasteiger partial charge on any atom is 0.128 e. The van der Waals surface area contributed by atoms with Gasteiger partial charge in [-0.1, -0.05) is 72.3 Å². The molecule has 0 heterocycles. The zero-order valence-electron chi connectivity index (χ0n) is 16.2. The average Bonchev–Trinajstić information content (AvgIpc) is 2.72. The second-order valence-electron chi connectivity index (χ2n) is 7.01. The molecule has 0 aliphatic rings. The van der Waals surface area contributed by atoms with Gasteiger partial charge < -0.3 is 4.74 Å². The van der Waals surface area contributed by atoms with Crippen LogP contribution in [0.15, 0.2) is 89.9 Å². The molecule has 0 aromatic heterocycles. The Balaban J connectivity index is 1.57. The van der Waals surface area contributed by atoms with Crippen LogP contribution >= 0.6 is 0 Å². The van der Waals surface area contributed by atoms with Crippen molar-refractivity contribution in [2.75, 3.05) is 0 Å². The van der Waals surface area contributed by atoms with E-state index in [-0.39, 0.29) is 0 Å². The van der Waals surface area contributed by atoms with Crippen LogP contribution in [0.4, 0.5) is 5.69 Å². The van der Waals surface area contributed by atoms with Gasteiger partial charge in [-0.2, -0.15) is 0 Å². The van der Waals surface area contributed by atoms with Gasteiger partial charge in [0.15, 0.2) is 0 Å². The standard InChI is InChI=1S/C26H23NO/c1-19-14-15-25(20(2)16-19)27-17-22-9-4-6-13-26(22)28-18-23-11-7-10-21-8-3-5-12-24(21)23/h3-17H,18H2,1-2H3. The highest BCUT2D eigenvalue weighted by atomic mass is 16.5. The lowest BCUT2D eigenvalue weighted by Gasteiger charge is -2.11. The Kier molecular flexibility index (Phi) is 5.20. The highest BCUT2D eigenvalue weighted by Gasteiger charge is 2.05. The van der Waals surface area contributed by atoms with Gasteiger partial charge in [0.05, 0.1) is 5.69 Å². The van der Waals surface area contributed by atoms with E-state index < -0.39 is 0 Å². The smallest absolute Gasteiger partial charge is 0.128 e. The molecule has 0 amide bonds. The predicted molar refractivity (Wildman–Crippen MR) is 118 cm³/mol. The van der Waals surface area contributed by atoms with E-state index in [0.717, 1.165) is 17.0 Å². The monoisotopic (exact) mass is 365 g/mol. The Morgan fingerprint density at radius 1 is 0.821 bits per heavy atom. The van der Waals surface area contributed by atoms with Crippen LogP contribution in [0.25, 0.3) is 10.8 Å². The fourth-order valence-corrected chi connectivity index (χ4v) is 3.38. The van der Waals surface area contributed by atoms with E-state index in [1.807, 2.05) is 30.5 Å². The van der Waals surface area contributed by atoms with Gasteiger partial charge in [0, 0.05) is 11.8 Å². The van der Waals surface area contributed by atoms with Crippen LogP contribution in [-0.4, -0.2) is 6.21 Å². The minimum absolute atomic E-state index is 0.524. The van der Waals surface area contributed by atoms with Gasteiger partial charge in [-0.25, -0.2) is 0 Å². The zero-order valence-corrected chi connectivity index (χ0v) is 16.2. The number of rotatable bonds is 5. The maximum absolute atomic E-state index is 6.18. The van der Waals surface area contributed by atoms with Crippen molar-refractivity contribution in [2.45, 2.75) is 20.5 Å². The topological polar surface area (TPSA) is 21.6 Å². The molecular weight excluding hydrogens is 342 g/mol. The first-order chi connectivity index (χ1) is 13.7. The SMILES string of the molecule is Cc1ccc(N=Cc2ccccc2OCc2cccc3ccccc23)c(C)c1. The summed E-state index contributed by atoms with van der Waals surface area (Å²) in [5.41, 5.74) is 5.55. The number of hydrogen-bond acceptors (Lipinski definition) is 2. The van der Waals surface area contributed by atoms with E-state index >= 15 is 0 Å². The van der Waals surface area contributed by atoms with Crippen molar-refractivity contribution in [3.05, 3.63) is 107 Å². The first-order valence-electron chi connectivity index (χ1n) is 9.50. The number of ether oxygens (including phenoxy) is 1. The molecule has 2 nitrogen and oxygen atoms in total. The Morgan fingerprint density at radius 3 is 2.50 bits per heavy atom. The molecule has 0 aliphatic heterocycles. The highest BCUT2D eigenvalue weighted by molar-refractivity contribution is 5.86. The van der Waals surface area contributed by atoms with Gasteiger partial charge in [0.2, 0.25) is 0 Å². The van der Waals surface area contributed by atoms with Crippen LogP contribution in [0.2, 0.25) is 0 Å². The molecule has 4 aromatic carbocycles. The van der Waals surface area contributed by atoms with Crippen LogP contribution in [0.3, 0.4) is 0 Å². The van der Waals surface area contributed by atoms with Crippen LogP contribution in [0.5, 0.6) is 5.75 Å². The van der Waals surface area contributed by atoms with Gasteiger partial charge >= 0.3 is 0 Å². The van der Waals surface area contributed by atoms with Crippen LogP contribution in [0, 0.1) is 13.8 Å². The van der Waals surface area contributed by atoms with Crippen molar-refractivity contribution in [1.82, 2.24) is 0 Å². The molecule has 28 heavy (non-hydrogen) atoms. The molecule has 0 saturated carbocycles. The third kappa shape index (κ3) is 3.96. The molecule has 138 valence electrons. The summed E-state index contributed by atoms with van der Waals surface area (Å²) in [5.74, 6) is 0.837. The molecule has 4 aromatic rings. The molecule has 0 N–H and O–H groups in total. The van der Waals surface area contributed by atoms with Crippen molar-refractivity contribution in [3.63, 3.8) is 0 Å². The Morgan fingerprint density at radius 2 is 1.61 bits per heavy atom. The third-order valence-corrected chi connectivity index (χ3v) is 4.88. The normalized spacial score (nSPS) is 11.2. The third-order valence-electron chi connectivity index (χ3n) is 4.88. The van der Waals surface area contributed by atoms with E-state index in [1.165, 1.54) is 27.5 Å². The second kappa shape index (κ2) is 8.10. The number of para-hydroxylation sites is 1. The van der Waals surface area contributed by atoms with Gasteiger partial charge in [-0.15, -0.1) is 0 Å². The molecule has 0 aliphatic carbocycles. The molecule has 0 radical (unpaired) electrons. The van der Waals surface area contributed by atoms with Gasteiger partial charge in [-0.05, 0) is 53.9 Å². The first kappa shape index (κ1) is 18.0. The summed E-state index contributed by atoms with van der Waals surface area (Å²) in [7, 11) is 0. The number of benzene rings is 4. The molecule has 0 saturated heterocycles. The summed E-state index contributed by atoms with van der Waals surface area (Å²) in [5, 5.41) is 2.46. The second-order valence-corrected chi connectivity index (χ2v) is 7.01. The van der Waals surface area contributed by atoms with Gasteiger partial charge in [-0.3, -0.25) is 4.99 Å². The Bertz CT molecular complexity index is 1140. The maximum atomic E-state index is 6.18. The van der Waals surface area contributed by atoms with E-state index in [2.05, 4.69) is 79.5 Å². The molecule has 4 rings (SSSR count). The van der Waals surface area contributed by atoms with E-state index in [1.54, 1.807) is 0 Å². The minimum Gasteiger partial charge on any atom is -0.488 e. The number of aliphatic imine (C=N–C) groups is 1. The van der Waals surface area contributed by atoms with Crippen molar-refractivity contribution < 1.29 is 4.74 Å². The molecule has 0 spiro atoms. The summed E-state index contributed by atoms with van der Waals surface area (Å²) in [6.45, 7) is 4.70. The lowest BCUT2D eigenvalue weighted by molar-refractivity contribution is 0.307. The summed E-state index contributed by atoms with van der Waals surface area (Å²) in [6, 6.07) is 29.0. The van der Waals surface area contributed by atoms with Crippen molar-refractivity contribution >= 4 is 22.7 Å². The summed E-state index contributed by atoms with van der Waals surface area (Å²) in [6.07, 6.45) is 1.89. The number of hydrogen-bond donors (Lipinski definition) is 0. The van der Waals surface area contributed by atoms with E-state index in [9.17, 15) is 0 Å². The van der Waals surface area contributed by atoms with E-state index in [4.69, 9.17) is 4.74 Å². The molecule has 0 bridgehead atoms. The summed E-state index contributed by atoms with van der Waals surface area (Å²) in [4.78, 5) is 4.68. The molecule has 0 unspecified atom stereocenters. The lowest BCUT2D eigenvalue weighted by Crippen LogP contribution is -1.99. The van der Waals surface area contributed by atoms with Gasteiger partial charge in [0.25, 0.3) is 0 Å². The number of aryl methyl sites for hydroxylation is 2. The Hall–Kier alpha value is -3.39. The lowest BCUT2D eigenvalue weighted by atomic mass is 10.1. The van der Waals surface area contributed by atoms with Crippen LogP contribution in [0.1, 0.15) is 22.3 Å². The first-order valence-corrected chi connectivity index (χ1v) is 9.50. The number of nitrogens with zero attached hydrogens (tertiary/aromatic N) is 1. The summed E-state index contributed by atoms with van der Waals surface area (Å²) < 4.78 is 6.18. The van der Waals surface area contributed by atoms with Crippen molar-refractivity contribution in [3.8, 4) is 5.75 Å². The van der Waals surface area contributed by atoms with Crippen molar-refractivity contribution in [2.24, 2.45) is 4.99 Å². The largest absolute Gasteiger partial charge is 0.488 e. The molecule has 2 heteroatoms. The summed E-state index contributed by atoms with van der Waals surface area (Å²) >= 11 is 0. The Labute approximate surface area is 166 Å². The highest BCUT2D eigenvalue weighted by Crippen LogP contribution is 2.24. The minimum atomic E-state index is 0.524. The van der Waals surface area contributed by atoms with Crippen LogP contribution in [-0.2, 0) is 6.61 Å². The molecule has 0 atom stereocenters. The molecular formula is C26H23NO. The van der Waals surface area contributed by atoms with Crippen molar-refractivity contribution in [1.29, 1.82) is 0 Å². The fraction of sp³-hybridized carbons (Fsp3) is 0.115. The predicted octanol–water partition coefficient (Wildman–Crippen LogP) is 6.79. The quantitative estimate of drug-likeness (QED) is 0.357. The fourth-order valence-electron chi connectivity index (χ4n) is 3.38. The number of fused-ring (bicyclic) bond motifs is 1. The zero-order chi connectivity index (χ0) is 19.3. The average molecular weight is 365 g/mol. The molecule has 0 fully saturated rings. The van der Waals surface area contributed by atoms with Crippen LogP contribution < -0.4 is 4.74 Å². The van der Waals surface area contributed by atoms with E-state index in [0.29, 0.717) is 6.61 Å². The van der Waals surface area contributed by atoms with Gasteiger partial charge in [0.1, 0.15) is 12.4 Å².